The van der Waals surface area contributed by atoms with E-state index >= 15 is 0 Å². The molecule has 0 radical (unpaired) electrons. The van der Waals surface area contributed by atoms with Crippen molar-refractivity contribution >= 4 is 0 Å². The van der Waals surface area contributed by atoms with E-state index in [1.54, 1.807) is 0 Å². The molecule has 1 aliphatic carbocycles. The molecule has 2 nitrogen and oxygen atoms in total. The van der Waals surface area contributed by atoms with Crippen LogP contribution in [0.1, 0.15) is 25.7 Å². The first-order valence-electron chi connectivity index (χ1n) is 3.23. The second-order valence-corrected chi connectivity index (χ2v) is 2.50. The van der Waals surface area contributed by atoms with Gasteiger partial charge in [-0.25, -0.2) is 0 Å². The molecule has 0 aliphatic heterocycles. The molecule has 1 saturated carbocycles. The summed E-state index contributed by atoms with van der Waals surface area (Å²) in [6, 6.07) is -0.160. The Labute approximate surface area is 85.4 Å². The van der Waals surface area contributed by atoms with Gasteiger partial charge in [-0.2, -0.15) is 12.1 Å². The summed E-state index contributed by atoms with van der Waals surface area (Å²) in [5.74, 6) is 0. The molecule has 0 aromatic carbocycles. The second-order valence-electron chi connectivity index (χ2n) is 2.50. The summed E-state index contributed by atoms with van der Waals surface area (Å²) in [5.41, 5.74) is 14.6. The largest absolute Gasteiger partial charge is 4.00 e. The Bertz CT molecular complexity index is 68.5. The molecule has 1 rings (SSSR count). The third-order valence-corrected chi connectivity index (χ3v) is 1.77. The zero-order valence-electron chi connectivity index (χ0n) is 7.30. The van der Waals surface area contributed by atoms with Crippen molar-refractivity contribution in [2.45, 2.75) is 37.8 Å². The zero-order valence-corrected chi connectivity index (χ0v) is 9.57. The maximum atomic E-state index is 7.29. The monoisotopic (exact) mass is 337 g/mol. The molecule has 0 heterocycles. The van der Waals surface area contributed by atoms with E-state index in [-0.39, 0.29) is 48.0 Å². The zero-order chi connectivity index (χ0) is 5.98. The van der Waals surface area contributed by atoms with Gasteiger partial charge in [-0.1, -0.05) is 25.7 Å². The van der Waals surface area contributed by atoms with Crippen LogP contribution in [0.25, 0.3) is 11.5 Å². The molecule has 2 atom stereocenters. The van der Waals surface area contributed by atoms with E-state index in [0.717, 1.165) is 12.8 Å². The molecule has 0 spiro atoms. The van der Waals surface area contributed by atoms with Gasteiger partial charge in [-0.05, 0) is 0 Å². The van der Waals surface area contributed by atoms with Crippen LogP contribution in [0.4, 0.5) is 0 Å². The molecular weight excluding hydrogens is 319 g/mol. The van der Waals surface area contributed by atoms with Crippen LogP contribution in [0.2, 0.25) is 0 Å². The summed E-state index contributed by atoms with van der Waals surface area (Å²) in [6.07, 6.45) is 4.25. The predicted octanol–water partition coefficient (Wildman–Crippen LogP) is 3.30. The van der Waals surface area contributed by atoms with E-state index < -0.39 is 0 Å². The molecule has 1 aliphatic rings. The van der Waals surface area contributed by atoms with E-state index in [2.05, 4.69) is 0 Å². The van der Waals surface area contributed by atoms with Crippen LogP contribution < -0.4 is 0 Å². The Kier molecular flexibility index (Phi) is 13.9. The summed E-state index contributed by atoms with van der Waals surface area (Å²) in [7, 11) is 0. The van der Waals surface area contributed by atoms with Crippen LogP contribution in [-0.4, -0.2) is 12.1 Å². The van der Waals surface area contributed by atoms with Gasteiger partial charge < -0.3 is 26.3 Å². The van der Waals surface area contributed by atoms with Crippen molar-refractivity contribution < 1.29 is 21.1 Å². The standard InChI is InChI=1S/C6H12N2.2CH3.Pt/c7-5-3-1-2-4-6(5)8;;;/h5-8H,1-4H2;2*1H3;/q-2;2*-1;+4/t5-,6-;;;/m0.../s1. The molecule has 0 unspecified atom stereocenters. The van der Waals surface area contributed by atoms with E-state index in [9.17, 15) is 0 Å². The predicted molar refractivity (Wildman–Crippen MR) is 47.5 cm³/mol. The molecule has 0 amide bonds. The van der Waals surface area contributed by atoms with Crippen molar-refractivity contribution in [1.82, 2.24) is 0 Å². The Hall–Kier alpha value is 0.608. The normalized spacial score (nSPS) is 28.9. The van der Waals surface area contributed by atoms with Crippen LogP contribution in [-0.2, 0) is 21.1 Å². The van der Waals surface area contributed by atoms with Gasteiger partial charge in [0.15, 0.2) is 0 Å². The van der Waals surface area contributed by atoms with Crippen LogP contribution in [0.5, 0.6) is 0 Å². The van der Waals surface area contributed by atoms with E-state index in [0.29, 0.717) is 0 Å². The van der Waals surface area contributed by atoms with Gasteiger partial charge in [-0.15, -0.1) is 0 Å². The van der Waals surface area contributed by atoms with Crippen molar-refractivity contribution in [2.24, 2.45) is 0 Å². The maximum absolute atomic E-state index is 7.29. The minimum Gasteiger partial charge on any atom is -0.676 e. The first-order valence-corrected chi connectivity index (χ1v) is 3.23. The minimum absolute atomic E-state index is 0. The first kappa shape index (κ1) is 17.6. The molecule has 3 heteroatoms. The first-order chi connectivity index (χ1) is 3.80. The molecular formula is C8H18N2Pt. The Morgan fingerprint density at radius 2 is 1.09 bits per heavy atom. The quantitative estimate of drug-likeness (QED) is 0.609. The Morgan fingerprint density at radius 1 is 0.818 bits per heavy atom. The van der Waals surface area contributed by atoms with Crippen molar-refractivity contribution in [3.8, 4) is 0 Å². The second kappa shape index (κ2) is 8.70. The van der Waals surface area contributed by atoms with Gasteiger partial charge in [0, 0.05) is 0 Å². The summed E-state index contributed by atoms with van der Waals surface area (Å²) in [5, 5.41) is 0. The molecule has 0 aromatic rings. The van der Waals surface area contributed by atoms with Crippen molar-refractivity contribution in [3.63, 3.8) is 0 Å². The van der Waals surface area contributed by atoms with Gasteiger partial charge in [0.1, 0.15) is 0 Å². The van der Waals surface area contributed by atoms with Gasteiger partial charge >= 0.3 is 21.1 Å². The molecule has 0 bridgehead atoms. The van der Waals surface area contributed by atoms with Gasteiger partial charge in [0.25, 0.3) is 0 Å². The smallest absolute Gasteiger partial charge is 0.676 e. The molecule has 70 valence electrons. The van der Waals surface area contributed by atoms with E-state index in [4.69, 9.17) is 11.5 Å². The van der Waals surface area contributed by atoms with Crippen molar-refractivity contribution in [1.29, 1.82) is 0 Å². The van der Waals surface area contributed by atoms with Crippen LogP contribution >= 0.6 is 0 Å². The summed E-state index contributed by atoms with van der Waals surface area (Å²) < 4.78 is 0. The molecule has 1 fully saturated rings. The fourth-order valence-electron chi connectivity index (χ4n) is 1.13. The SMILES string of the molecule is [CH3-].[CH3-].[NH-][C@H]1CCCC[C@@H]1[NH-].[Pt+4]. The van der Waals surface area contributed by atoms with E-state index in [1.165, 1.54) is 12.8 Å². The number of hydrogen-bond donors (Lipinski definition) is 0. The Balaban J connectivity index is -0.000000213. The molecule has 11 heavy (non-hydrogen) atoms. The minimum atomic E-state index is -0.0799. The van der Waals surface area contributed by atoms with Crippen molar-refractivity contribution in [3.05, 3.63) is 26.3 Å². The fraction of sp³-hybridized carbons (Fsp3) is 0.750. The summed E-state index contributed by atoms with van der Waals surface area (Å²) >= 11 is 0. The third-order valence-electron chi connectivity index (χ3n) is 1.77. The van der Waals surface area contributed by atoms with Crippen LogP contribution in [0.15, 0.2) is 0 Å². The maximum Gasteiger partial charge on any atom is 4.00 e. The van der Waals surface area contributed by atoms with Gasteiger partial charge in [0.2, 0.25) is 0 Å². The number of rotatable bonds is 0. The average Bonchev–Trinajstić information content (AvgIpc) is 1.77. The molecule has 0 saturated heterocycles. The number of nitrogens with one attached hydrogen (secondary N) is 2. The Morgan fingerprint density at radius 3 is 1.27 bits per heavy atom. The van der Waals surface area contributed by atoms with Crippen molar-refractivity contribution in [2.75, 3.05) is 0 Å². The number of hydrogen-bond acceptors (Lipinski definition) is 0. The topological polar surface area (TPSA) is 47.6 Å². The summed E-state index contributed by atoms with van der Waals surface area (Å²) in [4.78, 5) is 0. The molecule has 2 N–H and O–H groups in total. The van der Waals surface area contributed by atoms with E-state index in [1.807, 2.05) is 0 Å². The van der Waals surface area contributed by atoms with Gasteiger partial charge in [0.05, 0.1) is 0 Å². The fourth-order valence-corrected chi connectivity index (χ4v) is 1.13. The van der Waals surface area contributed by atoms with Crippen LogP contribution in [0.3, 0.4) is 0 Å². The third kappa shape index (κ3) is 5.83. The molecule has 0 aromatic heterocycles. The van der Waals surface area contributed by atoms with Crippen LogP contribution in [0, 0.1) is 14.9 Å². The van der Waals surface area contributed by atoms with Gasteiger partial charge in [-0.3, -0.25) is 0 Å². The summed E-state index contributed by atoms with van der Waals surface area (Å²) in [6.45, 7) is 0. The average molecular weight is 337 g/mol.